The van der Waals surface area contributed by atoms with Gasteiger partial charge < -0.3 is 14.5 Å². The van der Waals surface area contributed by atoms with Crippen LogP contribution >= 0.6 is 0 Å². The Morgan fingerprint density at radius 2 is 1.83 bits per heavy atom. The van der Waals surface area contributed by atoms with E-state index in [4.69, 9.17) is 9.47 Å². The SMILES string of the molecule is COc1cc(OCC2=CCCC=N2)ccc1/C=C/C(=O)CC(=O)/C=C/c1c[nH]c2ccc(C)cc12. The fourth-order valence-electron chi connectivity index (χ4n) is 3.78. The molecule has 0 radical (unpaired) electrons. The zero-order valence-corrected chi connectivity index (χ0v) is 19.9. The van der Waals surface area contributed by atoms with Crippen molar-refractivity contribution in [3.63, 3.8) is 0 Å². The molecule has 178 valence electrons. The van der Waals surface area contributed by atoms with E-state index in [0.717, 1.165) is 46.1 Å². The first kappa shape index (κ1) is 24.0. The summed E-state index contributed by atoms with van der Waals surface area (Å²) in [6.07, 6.45) is 13.8. The van der Waals surface area contributed by atoms with Crippen LogP contribution < -0.4 is 9.47 Å². The number of hydrogen-bond acceptors (Lipinski definition) is 5. The number of carbonyl (C=O) groups excluding carboxylic acids is 2. The van der Waals surface area contributed by atoms with Gasteiger partial charge in [0.1, 0.15) is 18.1 Å². The lowest BCUT2D eigenvalue weighted by molar-refractivity contribution is -0.121. The number of fused-ring (bicyclic) bond motifs is 1. The van der Waals surface area contributed by atoms with Crippen LogP contribution in [0, 0.1) is 6.92 Å². The highest BCUT2D eigenvalue weighted by Crippen LogP contribution is 2.26. The van der Waals surface area contributed by atoms with Gasteiger partial charge in [-0.1, -0.05) is 17.7 Å². The number of aryl methyl sites for hydroxylation is 1. The fourth-order valence-corrected chi connectivity index (χ4v) is 3.78. The standard InChI is InChI=1S/C29H28N2O4/c1-20-6-13-28-27(15-20)22(18-31-28)8-11-25(33)16-24(32)10-7-21-9-12-26(17-29(21)34-2)35-19-23-5-3-4-14-30-23/h5-15,17-18,31H,3-4,16,19H2,1-2H3/b10-7+,11-8+. The molecule has 1 N–H and O–H groups in total. The Hall–Kier alpha value is -4.19. The van der Waals surface area contributed by atoms with E-state index in [-0.39, 0.29) is 18.0 Å². The molecule has 6 nitrogen and oxygen atoms in total. The number of nitrogens with one attached hydrogen (secondary N) is 1. The molecule has 0 saturated heterocycles. The Bertz CT molecular complexity index is 1360. The molecule has 0 aliphatic carbocycles. The van der Waals surface area contributed by atoms with Crippen LogP contribution in [0.2, 0.25) is 0 Å². The van der Waals surface area contributed by atoms with Crippen molar-refractivity contribution in [2.75, 3.05) is 13.7 Å². The van der Waals surface area contributed by atoms with Crippen LogP contribution in [0.4, 0.5) is 0 Å². The van der Waals surface area contributed by atoms with Crippen LogP contribution in [0.15, 0.2) is 71.5 Å². The number of carbonyl (C=O) groups is 2. The summed E-state index contributed by atoms with van der Waals surface area (Å²) in [5.74, 6) is 0.698. The second kappa shape index (κ2) is 11.3. The van der Waals surface area contributed by atoms with Gasteiger partial charge in [0.25, 0.3) is 0 Å². The lowest BCUT2D eigenvalue weighted by atomic mass is 10.1. The molecule has 0 saturated carbocycles. The van der Waals surface area contributed by atoms with Crippen molar-refractivity contribution in [3.05, 3.63) is 83.2 Å². The van der Waals surface area contributed by atoms with Gasteiger partial charge in [-0.3, -0.25) is 14.6 Å². The van der Waals surface area contributed by atoms with Crippen LogP contribution in [-0.4, -0.2) is 36.5 Å². The Kier molecular flexibility index (Phi) is 7.73. The fraction of sp³-hybridized carbons (Fsp3) is 0.207. The predicted molar refractivity (Wildman–Crippen MR) is 140 cm³/mol. The summed E-state index contributed by atoms with van der Waals surface area (Å²) in [7, 11) is 1.56. The number of aromatic amines is 1. The average Bonchev–Trinajstić information content (AvgIpc) is 3.27. The highest BCUT2D eigenvalue weighted by atomic mass is 16.5. The van der Waals surface area contributed by atoms with Crippen molar-refractivity contribution in [1.82, 2.24) is 4.98 Å². The average molecular weight is 469 g/mol. The number of nitrogens with zero attached hydrogens (tertiary/aromatic N) is 1. The maximum absolute atomic E-state index is 12.4. The normalized spacial score (nSPS) is 13.5. The van der Waals surface area contributed by atoms with E-state index < -0.39 is 0 Å². The van der Waals surface area contributed by atoms with Crippen LogP contribution in [0.1, 0.15) is 36.0 Å². The summed E-state index contributed by atoms with van der Waals surface area (Å²) < 4.78 is 11.3. The summed E-state index contributed by atoms with van der Waals surface area (Å²) in [4.78, 5) is 32.2. The molecule has 2 heterocycles. The number of hydrogen-bond donors (Lipinski definition) is 1. The van der Waals surface area contributed by atoms with Gasteiger partial charge in [0, 0.05) is 34.9 Å². The maximum atomic E-state index is 12.4. The van der Waals surface area contributed by atoms with Crippen molar-refractivity contribution < 1.29 is 19.1 Å². The minimum absolute atomic E-state index is 0.201. The highest BCUT2D eigenvalue weighted by molar-refractivity contribution is 6.11. The van der Waals surface area contributed by atoms with Gasteiger partial charge in [0.05, 0.1) is 19.2 Å². The zero-order chi connectivity index (χ0) is 24.6. The molecule has 6 heteroatoms. The summed E-state index contributed by atoms with van der Waals surface area (Å²) in [5.41, 5.74) is 4.69. The molecule has 0 amide bonds. The molecule has 1 aliphatic rings. The van der Waals surface area contributed by atoms with E-state index >= 15 is 0 Å². The number of methoxy groups -OCH3 is 1. The summed E-state index contributed by atoms with van der Waals surface area (Å²) in [5, 5.41) is 1.04. The molecule has 2 aromatic carbocycles. The third kappa shape index (κ3) is 6.44. The number of aromatic nitrogens is 1. The van der Waals surface area contributed by atoms with Crippen LogP contribution in [0.3, 0.4) is 0 Å². The molecule has 0 fully saturated rings. The zero-order valence-electron chi connectivity index (χ0n) is 19.9. The first-order valence-corrected chi connectivity index (χ1v) is 11.5. The number of ether oxygens (including phenoxy) is 2. The van der Waals surface area contributed by atoms with Crippen molar-refractivity contribution in [2.45, 2.75) is 26.2 Å². The van der Waals surface area contributed by atoms with Crippen molar-refractivity contribution in [2.24, 2.45) is 4.99 Å². The minimum atomic E-state index is -0.279. The van der Waals surface area contributed by atoms with Crippen LogP contribution in [-0.2, 0) is 9.59 Å². The number of allylic oxidation sites excluding steroid dienone is 3. The number of rotatable bonds is 10. The lowest BCUT2D eigenvalue weighted by Crippen LogP contribution is -2.03. The second-order valence-electron chi connectivity index (χ2n) is 8.35. The third-order valence-corrected chi connectivity index (χ3v) is 5.64. The van der Waals surface area contributed by atoms with E-state index in [2.05, 4.69) is 22.1 Å². The maximum Gasteiger partial charge on any atom is 0.163 e. The predicted octanol–water partition coefficient (Wildman–Crippen LogP) is 5.87. The Labute approximate surface area is 204 Å². The first-order chi connectivity index (χ1) is 17.0. The Morgan fingerprint density at radius 3 is 2.57 bits per heavy atom. The van der Waals surface area contributed by atoms with E-state index in [9.17, 15) is 9.59 Å². The molecular formula is C29H28N2O4. The molecule has 35 heavy (non-hydrogen) atoms. The molecule has 0 bridgehead atoms. The van der Waals surface area contributed by atoms with E-state index in [1.165, 1.54) is 12.2 Å². The van der Waals surface area contributed by atoms with E-state index in [1.54, 1.807) is 25.3 Å². The van der Waals surface area contributed by atoms with E-state index in [0.29, 0.717) is 18.1 Å². The second-order valence-corrected chi connectivity index (χ2v) is 8.35. The topological polar surface area (TPSA) is 80.8 Å². The monoisotopic (exact) mass is 468 g/mol. The quantitative estimate of drug-likeness (QED) is 0.298. The minimum Gasteiger partial charge on any atom is -0.496 e. The van der Waals surface area contributed by atoms with Crippen LogP contribution in [0.25, 0.3) is 23.1 Å². The van der Waals surface area contributed by atoms with Crippen molar-refractivity contribution >= 4 is 40.8 Å². The van der Waals surface area contributed by atoms with Gasteiger partial charge in [0.2, 0.25) is 0 Å². The highest BCUT2D eigenvalue weighted by Gasteiger charge is 2.08. The summed E-state index contributed by atoms with van der Waals surface area (Å²) in [6, 6.07) is 11.5. The van der Waals surface area contributed by atoms with Gasteiger partial charge in [0.15, 0.2) is 11.6 Å². The number of ketones is 2. The smallest absolute Gasteiger partial charge is 0.163 e. The van der Waals surface area contributed by atoms with Gasteiger partial charge in [-0.05, 0) is 73.9 Å². The molecule has 0 spiro atoms. The summed E-state index contributed by atoms with van der Waals surface area (Å²) in [6.45, 7) is 2.41. The molecule has 0 atom stereocenters. The first-order valence-electron chi connectivity index (χ1n) is 11.5. The molecule has 4 rings (SSSR count). The third-order valence-electron chi connectivity index (χ3n) is 5.64. The van der Waals surface area contributed by atoms with Crippen molar-refractivity contribution in [1.29, 1.82) is 0 Å². The molecule has 1 aliphatic heterocycles. The summed E-state index contributed by atoms with van der Waals surface area (Å²) >= 11 is 0. The van der Waals surface area contributed by atoms with Crippen LogP contribution in [0.5, 0.6) is 11.5 Å². The largest absolute Gasteiger partial charge is 0.496 e. The molecule has 1 aromatic heterocycles. The lowest BCUT2D eigenvalue weighted by Gasteiger charge is -2.11. The van der Waals surface area contributed by atoms with Gasteiger partial charge in [-0.15, -0.1) is 0 Å². The van der Waals surface area contributed by atoms with Gasteiger partial charge in [-0.25, -0.2) is 0 Å². The Morgan fingerprint density at radius 1 is 1.03 bits per heavy atom. The Balaban J connectivity index is 1.34. The molecular weight excluding hydrogens is 440 g/mol. The van der Waals surface area contributed by atoms with Gasteiger partial charge >= 0.3 is 0 Å². The molecule has 0 unspecified atom stereocenters. The van der Waals surface area contributed by atoms with E-state index in [1.807, 2.05) is 43.6 Å². The number of H-pyrrole nitrogens is 1. The number of benzene rings is 2. The van der Waals surface area contributed by atoms with Crippen molar-refractivity contribution in [3.8, 4) is 11.5 Å². The number of aliphatic imine (C=N–C) groups is 1. The van der Waals surface area contributed by atoms with Gasteiger partial charge in [-0.2, -0.15) is 0 Å². The molecule has 3 aromatic rings.